The van der Waals surface area contributed by atoms with E-state index in [1.807, 2.05) is 0 Å². The summed E-state index contributed by atoms with van der Waals surface area (Å²) in [5, 5.41) is 7.09. The molecule has 112 valence electrons. The van der Waals surface area contributed by atoms with E-state index in [0.29, 0.717) is 0 Å². The van der Waals surface area contributed by atoms with Crippen LogP contribution in [0.15, 0.2) is 4.90 Å². The number of sulfone groups is 1. The summed E-state index contributed by atoms with van der Waals surface area (Å²) in [6, 6.07) is 0.223. The van der Waals surface area contributed by atoms with E-state index in [1.54, 1.807) is 6.92 Å². The van der Waals surface area contributed by atoms with Crippen LogP contribution in [0.2, 0.25) is 0 Å². The van der Waals surface area contributed by atoms with Crippen molar-refractivity contribution in [2.24, 2.45) is 0 Å². The van der Waals surface area contributed by atoms with Gasteiger partial charge >= 0.3 is 5.97 Å². The van der Waals surface area contributed by atoms with Crippen molar-refractivity contribution in [1.29, 1.82) is 0 Å². The van der Waals surface area contributed by atoms with Gasteiger partial charge in [0.1, 0.15) is 12.4 Å². The summed E-state index contributed by atoms with van der Waals surface area (Å²) < 4.78 is 29.6. The van der Waals surface area contributed by atoms with E-state index in [9.17, 15) is 13.2 Å². The van der Waals surface area contributed by atoms with Crippen LogP contribution < -0.4 is 11.1 Å². The lowest BCUT2D eigenvalue weighted by atomic mass is 10.5. The lowest BCUT2D eigenvalue weighted by molar-refractivity contribution is -0.143. The fourth-order valence-electron chi connectivity index (χ4n) is 1.79. The van der Waals surface area contributed by atoms with E-state index in [2.05, 4.69) is 10.4 Å². The SMILES string of the molecule is CCOC(=O)Cn1nc(NC2CC2)c(S(C)(=O)=O)c1N. The molecular weight excluding hydrogens is 284 g/mol. The van der Waals surface area contributed by atoms with E-state index in [1.165, 1.54) is 0 Å². The number of nitrogens with zero attached hydrogens (tertiary/aromatic N) is 2. The third kappa shape index (κ3) is 3.21. The van der Waals surface area contributed by atoms with Crippen molar-refractivity contribution < 1.29 is 17.9 Å². The van der Waals surface area contributed by atoms with Crippen LogP contribution in [0.1, 0.15) is 19.8 Å². The molecule has 0 saturated heterocycles. The minimum absolute atomic E-state index is 0.0521. The highest BCUT2D eigenvalue weighted by atomic mass is 32.2. The first-order chi connectivity index (χ1) is 9.32. The van der Waals surface area contributed by atoms with Crippen molar-refractivity contribution in [3.8, 4) is 0 Å². The summed E-state index contributed by atoms with van der Waals surface area (Å²) in [6.07, 6.45) is 2.99. The van der Waals surface area contributed by atoms with Crippen LogP contribution in [-0.4, -0.2) is 43.1 Å². The zero-order valence-electron chi connectivity index (χ0n) is 11.4. The fraction of sp³-hybridized carbons (Fsp3) is 0.636. The van der Waals surface area contributed by atoms with E-state index >= 15 is 0 Å². The number of esters is 1. The van der Waals surface area contributed by atoms with Crippen molar-refractivity contribution in [3.63, 3.8) is 0 Å². The molecule has 0 amide bonds. The van der Waals surface area contributed by atoms with Crippen molar-refractivity contribution in [3.05, 3.63) is 0 Å². The van der Waals surface area contributed by atoms with Gasteiger partial charge in [-0.1, -0.05) is 0 Å². The lowest BCUT2D eigenvalue weighted by Gasteiger charge is -2.04. The predicted octanol–water partition coefficient (Wildman–Crippen LogP) is 0.00620. The topological polar surface area (TPSA) is 116 Å². The van der Waals surface area contributed by atoms with Crippen LogP contribution in [0.25, 0.3) is 0 Å². The summed E-state index contributed by atoms with van der Waals surface area (Å²) in [5.41, 5.74) is 5.80. The molecule has 1 fully saturated rings. The van der Waals surface area contributed by atoms with Crippen molar-refractivity contribution in [2.45, 2.75) is 37.2 Å². The number of nitrogen functional groups attached to an aromatic ring is 1. The number of carbonyl (C=O) groups excluding carboxylic acids is 1. The lowest BCUT2D eigenvalue weighted by Crippen LogP contribution is -2.16. The number of anilines is 2. The molecule has 0 spiro atoms. The molecule has 1 saturated carbocycles. The van der Waals surface area contributed by atoms with Gasteiger partial charge in [-0.25, -0.2) is 13.1 Å². The summed E-state index contributed by atoms with van der Waals surface area (Å²) in [5.74, 6) is -0.361. The van der Waals surface area contributed by atoms with Crippen LogP contribution in [0.3, 0.4) is 0 Å². The summed E-state index contributed by atoms with van der Waals surface area (Å²) in [4.78, 5) is 11.4. The molecule has 0 atom stereocenters. The zero-order valence-corrected chi connectivity index (χ0v) is 12.2. The largest absolute Gasteiger partial charge is 0.465 e. The van der Waals surface area contributed by atoms with Crippen LogP contribution in [-0.2, 0) is 25.9 Å². The van der Waals surface area contributed by atoms with E-state index < -0.39 is 15.8 Å². The Hall–Kier alpha value is -1.77. The number of nitrogens with one attached hydrogen (secondary N) is 1. The van der Waals surface area contributed by atoms with Crippen LogP contribution >= 0.6 is 0 Å². The minimum atomic E-state index is -3.53. The van der Waals surface area contributed by atoms with Gasteiger partial charge in [0.15, 0.2) is 20.6 Å². The number of rotatable bonds is 6. The maximum Gasteiger partial charge on any atom is 0.327 e. The van der Waals surface area contributed by atoms with E-state index in [0.717, 1.165) is 23.8 Å². The molecule has 0 aliphatic heterocycles. The zero-order chi connectivity index (χ0) is 14.9. The van der Waals surface area contributed by atoms with Gasteiger partial charge in [0.05, 0.1) is 6.61 Å². The number of ether oxygens (including phenoxy) is 1. The second-order valence-corrected chi connectivity index (χ2v) is 6.67. The summed E-state index contributed by atoms with van der Waals surface area (Å²) in [6.45, 7) is 1.72. The second-order valence-electron chi connectivity index (χ2n) is 4.72. The van der Waals surface area contributed by atoms with Crippen LogP contribution in [0, 0.1) is 0 Å². The number of hydrogen-bond acceptors (Lipinski definition) is 7. The smallest absolute Gasteiger partial charge is 0.327 e. The van der Waals surface area contributed by atoms with Gasteiger partial charge in [-0.2, -0.15) is 5.10 Å². The molecule has 1 aromatic heterocycles. The maximum absolute atomic E-state index is 11.8. The van der Waals surface area contributed by atoms with Gasteiger partial charge in [0, 0.05) is 12.3 Å². The highest BCUT2D eigenvalue weighted by molar-refractivity contribution is 7.91. The third-order valence-electron chi connectivity index (χ3n) is 2.82. The first-order valence-corrected chi connectivity index (χ1v) is 8.20. The quantitative estimate of drug-likeness (QED) is 0.711. The first-order valence-electron chi connectivity index (χ1n) is 6.31. The minimum Gasteiger partial charge on any atom is -0.465 e. The normalized spacial score (nSPS) is 15.1. The molecule has 1 heterocycles. The molecule has 0 unspecified atom stereocenters. The Labute approximate surface area is 117 Å². The Morgan fingerprint density at radius 2 is 2.20 bits per heavy atom. The number of carbonyl (C=O) groups is 1. The Kier molecular flexibility index (Phi) is 3.89. The van der Waals surface area contributed by atoms with E-state index in [-0.39, 0.29) is 35.7 Å². The number of hydrogen-bond donors (Lipinski definition) is 2. The molecule has 0 radical (unpaired) electrons. The van der Waals surface area contributed by atoms with Crippen molar-refractivity contribution in [1.82, 2.24) is 9.78 Å². The summed E-state index contributed by atoms with van der Waals surface area (Å²) in [7, 11) is -3.53. The molecule has 1 aliphatic carbocycles. The first kappa shape index (κ1) is 14.6. The third-order valence-corrected chi connectivity index (χ3v) is 3.96. The summed E-state index contributed by atoms with van der Waals surface area (Å²) >= 11 is 0. The Morgan fingerprint density at radius 1 is 1.55 bits per heavy atom. The second kappa shape index (κ2) is 5.31. The van der Waals surface area contributed by atoms with E-state index in [4.69, 9.17) is 10.5 Å². The Morgan fingerprint density at radius 3 is 2.70 bits per heavy atom. The molecule has 1 aromatic rings. The van der Waals surface area contributed by atoms with Crippen molar-refractivity contribution >= 4 is 27.4 Å². The highest BCUT2D eigenvalue weighted by Gasteiger charge is 2.29. The van der Waals surface area contributed by atoms with Gasteiger partial charge in [0.2, 0.25) is 0 Å². The molecular formula is C11H18N4O4S. The van der Waals surface area contributed by atoms with Gasteiger partial charge in [-0.05, 0) is 19.8 Å². The molecule has 2 rings (SSSR count). The van der Waals surface area contributed by atoms with Crippen molar-refractivity contribution in [2.75, 3.05) is 23.9 Å². The molecule has 20 heavy (non-hydrogen) atoms. The number of nitrogens with two attached hydrogens (primary N) is 1. The molecule has 3 N–H and O–H groups in total. The Bertz CT molecular complexity index is 619. The molecule has 1 aliphatic rings. The molecule has 9 heteroatoms. The maximum atomic E-state index is 11.8. The van der Waals surface area contributed by atoms with Gasteiger partial charge in [-0.15, -0.1) is 0 Å². The monoisotopic (exact) mass is 302 g/mol. The fourth-order valence-corrected chi connectivity index (χ4v) is 2.73. The standard InChI is InChI=1S/C11H18N4O4S/c1-3-19-8(16)6-15-10(12)9(20(2,17)18)11(14-15)13-7-4-5-7/h7H,3-6,12H2,1-2H3,(H,13,14). The highest BCUT2D eigenvalue weighted by Crippen LogP contribution is 2.31. The molecule has 0 aromatic carbocycles. The number of aromatic nitrogens is 2. The van der Waals surface area contributed by atoms with Gasteiger partial charge in [0.25, 0.3) is 0 Å². The average molecular weight is 302 g/mol. The predicted molar refractivity (Wildman–Crippen MR) is 73.0 cm³/mol. The van der Waals surface area contributed by atoms with Gasteiger partial charge < -0.3 is 15.8 Å². The molecule has 8 nitrogen and oxygen atoms in total. The van der Waals surface area contributed by atoms with Gasteiger partial charge in [-0.3, -0.25) is 4.79 Å². The van der Waals surface area contributed by atoms with Crippen LogP contribution in [0.4, 0.5) is 11.6 Å². The van der Waals surface area contributed by atoms with Crippen LogP contribution in [0.5, 0.6) is 0 Å². The molecule has 0 bridgehead atoms. The Balaban J connectivity index is 2.33. The average Bonchev–Trinajstić information content (AvgIpc) is 3.04.